The molecule has 0 saturated carbocycles. The largest absolute Gasteiger partial charge is 0.0587 e. The standard InChI is InChI=1S/C15H15/c1-11-7-9-14(10-8-11)15-12(2)5-4-6-13(15)3/h5-10H,1-3H3. The summed E-state index contributed by atoms with van der Waals surface area (Å²) in [5.41, 5.74) is 6.52. The first kappa shape index (κ1) is 9.97. The lowest BCUT2D eigenvalue weighted by Gasteiger charge is -2.09. The van der Waals surface area contributed by atoms with Gasteiger partial charge < -0.3 is 0 Å². The molecule has 0 heterocycles. The molecule has 2 rings (SSSR count). The van der Waals surface area contributed by atoms with Crippen LogP contribution in [-0.4, -0.2) is 0 Å². The van der Waals surface area contributed by atoms with Gasteiger partial charge in [-0.15, -0.1) is 0 Å². The summed E-state index contributed by atoms with van der Waals surface area (Å²) in [6, 6.07) is 15.9. The molecule has 0 heteroatoms. The zero-order valence-electron chi connectivity index (χ0n) is 9.46. The fourth-order valence-corrected chi connectivity index (χ4v) is 1.92. The summed E-state index contributed by atoms with van der Waals surface area (Å²) in [4.78, 5) is 0. The van der Waals surface area contributed by atoms with E-state index in [4.69, 9.17) is 0 Å². The van der Waals surface area contributed by atoms with Crippen LogP contribution in [0.1, 0.15) is 16.7 Å². The molecule has 0 N–H and O–H groups in total. The minimum atomic E-state index is 1.29. The minimum absolute atomic E-state index is 1.29. The molecular formula is C15H15. The summed E-state index contributed by atoms with van der Waals surface area (Å²) < 4.78 is 0. The predicted octanol–water partition coefficient (Wildman–Crippen LogP) is 4.08. The smallest absolute Gasteiger partial charge is 0.0125 e. The minimum Gasteiger partial charge on any atom is -0.0587 e. The molecular weight excluding hydrogens is 180 g/mol. The first-order valence-corrected chi connectivity index (χ1v) is 5.23. The number of benzene rings is 2. The van der Waals surface area contributed by atoms with Crippen molar-refractivity contribution in [2.45, 2.75) is 20.8 Å². The van der Waals surface area contributed by atoms with Crippen molar-refractivity contribution in [3.63, 3.8) is 0 Å². The molecule has 0 aliphatic heterocycles. The van der Waals surface area contributed by atoms with Gasteiger partial charge in [-0.05, 0) is 49.1 Å². The molecule has 0 unspecified atom stereocenters. The third-order valence-corrected chi connectivity index (χ3v) is 2.73. The van der Waals surface area contributed by atoms with Gasteiger partial charge in [-0.25, -0.2) is 0 Å². The van der Waals surface area contributed by atoms with E-state index in [1.807, 2.05) is 12.1 Å². The lowest BCUT2D eigenvalue weighted by molar-refractivity contribution is 1.36. The summed E-state index contributed by atoms with van der Waals surface area (Å²) in [7, 11) is 0. The van der Waals surface area contributed by atoms with Crippen molar-refractivity contribution in [2.24, 2.45) is 0 Å². The van der Waals surface area contributed by atoms with E-state index < -0.39 is 0 Å². The first-order chi connectivity index (χ1) is 7.18. The van der Waals surface area contributed by atoms with Gasteiger partial charge in [0.1, 0.15) is 0 Å². The lowest BCUT2D eigenvalue weighted by Crippen LogP contribution is -1.87. The Hall–Kier alpha value is -1.56. The molecule has 2 aromatic carbocycles. The van der Waals surface area contributed by atoms with Crippen LogP contribution in [0.25, 0.3) is 11.1 Å². The van der Waals surface area contributed by atoms with Gasteiger partial charge in [0.15, 0.2) is 0 Å². The van der Waals surface area contributed by atoms with Gasteiger partial charge in [0, 0.05) is 0 Å². The van der Waals surface area contributed by atoms with Gasteiger partial charge >= 0.3 is 0 Å². The molecule has 75 valence electrons. The molecule has 0 spiro atoms. The Morgan fingerprint density at radius 2 is 1.33 bits per heavy atom. The highest BCUT2D eigenvalue weighted by Gasteiger charge is 2.04. The molecule has 0 aromatic heterocycles. The number of rotatable bonds is 1. The van der Waals surface area contributed by atoms with Crippen molar-refractivity contribution in [1.29, 1.82) is 0 Å². The van der Waals surface area contributed by atoms with Crippen molar-refractivity contribution in [3.05, 3.63) is 59.2 Å². The second-order valence-electron chi connectivity index (χ2n) is 4.06. The first-order valence-electron chi connectivity index (χ1n) is 5.23. The highest BCUT2D eigenvalue weighted by Crippen LogP contribution is 2.26. The van der Waals surface area contributed by atoms with E-state index in [1.54, 1.807) is 0 Å². The normalized spacial score (nSPS) is 10.3. The Kier molecular flexibility index (Phi) is 2.59. The van der Waals surface area contributed by atoms with Crippen LogP contribution in [0.2, 0.25) is 0 Å². The zero-order valence-corrected chi connectivity index (χ0v) is 9.46. The second-order valence-corrected chi connectivity index (χ2v) is 4.06. The molecule has 0 fully saturated rings. The highest BCUT2D eigenvalue weighted by atomic mass is 14.1. The van der Waals surface area contributed by atoms with Crippen molar-refractivity contribution in [2.75, 3.05) is 0 Å². The quantitative estimate of drug-likeness (QED) is 0.643. The molecule has 1 radical (unpaired) electrons. The Bertz CT molecular complexity index is 444. The van der Waals surface area contributed by atoms with Crippen LogP contribution in [0.5, 0.6) is 0 Å². The van der Waals surface area contributed by atoms with Crippen LogP contribution >= 0.6 is 0 Å². The third-order valence-electron chi connectivity index (χ3n) is 2.73. The van der Waals surface area contributed by atoms with Crippen molar-refractivity contribution >= 4 is 0 Å². The maximum Gasteiger partial charge on any atom is -0.0125 e. The van der Waals surface area contributed by atoms with Gasteiger partial charge in [-0.1, -0.05) is 42.0 Å². The van der Waals surface area contributed by atoms with Crippen molar-refractivity contribution < 1.29 is 0 Å². The zero-order chi connectivity index (χ0) is 10.8. The average molecular weight is 195 g/mol. The average Bonchev–Trinajstić information content (AvgIpc) is 2.20. The Labute approximate surface area is 91.6 Å². The van der Waals surface area contributed by atoms with Crippen LogP contribution in [0, 0.1) is 26.8 Å². The number of hydrogen-bond donors (Lipinski definition) is 0. The van der Waals surface area contributed by atoms with E-state index in [0.29, 0.717) is 0 Å². The molecule has 15 heavy (non-hydrogen) atoms. The Morgan fingerprint density at radius 1 is 0.800 bits per heavy atom. The molecule has 0 aliphatic carbocycles. The lowest BCUT2D eigenvalue weighted by atomic mass is 9.95. The number of aryl methyl sites for hydroxylation is 3. The van der Waals surface area contributed by atoms with Crippen molar-refractivity contribution in [1.82, 2.24) is 0 Å². The molecule has 2 aromatic rings. The maximum absolute atomic E-state index is 3.15. The molecule has 0 nitrogen and oxygen atoms in total. The Morgan fingerprint density at radius 3 is 1.87 bits per heavy atom. The van der Waals surface area contributed by atoms with E-state index in [2.05, 4.69) is 51.1 Å². The van der Waals surface area contributed by atoms with Gasteiger partial charge in [-0.3, -0.25) is 0 Å². The van der Waals surface area contributed by atoms with E-state index in [9.17, 15) is 0 Å². The van der Waals surface area contributed by atoms with Crippen LogP contribution in [-0.2, 0) is 0 Å². The fourth-order valence-electron chi connectivity index (χ4n) is 1.92. The van der Waals surface area contributed by atoms with E-state index in [-0.39, 0.29) is 0 Å². The molecule has 0 amide bonds. The third kappa shape index (κ3) is 1.94. The highest BCUT2D eigenvalue weighted by molar-refractivity contribution is 5.70. The van der Waals surface area contributed by atoms with Crippen LogP contribution in [0.3, 0.4) is 0 Å². The summed E-state index contributed by atoms with van der Waals surface area (Å²) in [5.74, 6) is 0. The molecule has 0 saturated heterocycles. The summed E-state index contributed by atoms with van der Waals surface area (Å²) in [6.07, 6.45) is 0. The Balaban J connectivity index is 2.58. The van der Waals surface area contributed by atoms with Crippen LogP contribution in [0.15, 0.2) is 36.4 Å². The molecule has 0 bridgehead atoms. The van der Waals surface area contributed by atoms with E-state index in [1.165, 1.54) is 27.8 Å². The van der Waals surface area contributed by atoms with Gasteiger partial charge in [-0.2, -0.15) is 0 Å². The van der Waals surface area contributed by atoms with E-state index >= 15 is 0 Å². The van der Waals surface area contributed by atoms with Gasteiger partial charge in [0.2, 0.25) is 0 Å². The van der Waals surface area contributed by atoms with Crippen molar-refractivity contribution in [3.8, 4) is 11.1 Å². The monoisotopic (exact) mass is 195 g/mol. The summed E-state index contributed by atoms with van der Waals surface area (Å²) in [5, 5.41) is 0. The predicted molar refractivity (Wildman–Crippen MR) is 64.9 cm³/mol. The summed E-state index contributed by atoms with van der Waals surface area (Å²) in [6.45, 7) is 6.39. The molecule has 0 aliphatic rings. The van der Waals surface area contributed by atoms with Crippen LogP contribution in [0.4, 0.5) is 0 Å². The van der Waals surface area contributed by atoms with Gasteiger partial charge in [0.05, 0.1) is 0 Å². The van der Waals surface area contributed by atoms with Crippen LogP contribution < -0.4 is 0 Å². The van der Waals surface area contributed by atoms with E-state index in [0.717, 1.165) is 0 Å². The molecule has 0 atom stereocenters. The second kappa shape index (κ2) is 3.90. The maximum atomic E-state index is 3.15. The SMILES string of the molecule is Cc1ccc(-c2c(C)c[c]cc2C)cc1. The van der Waals surface area contributed by atoms with Gasteiger partial charge in [0.25, 0.3) is 0 Å². The fraction of sp³-hybridized carbons (Fsp3) is 0.200. The summed E-state index contributed by atoms with van der Waals surface area (Å²) >= 11 is 0. The topological polar surface area (TPSA) is 0 Å². The number of hydrogen-bond acceptors (Lipinski definition) is 0.